The summed E-state index contributed by atoms with van der Waals surface area (Å²) in [6.07, 6.45) is 2.19. The number of nitrogens with one attached hydrogen (secondary N) is 1. The molecular weight excluding hydrogens is 178 g/mol. The lowest BCUT2D eigenvalue weighted by Crippen LogP contribution is -2.42. The van der Waals surface area contributed by atoms with Crippen LogP contribution in [0.4, 0.5) is 0 Å². The molecule has 0 heterocycles. The Kier molecular flexibility index (Phi) is 6.49. The van der Waals surface area contributed by atoms with Gasteiger partial charge < -0.3 is 16.8 Å². The van der Waals surface area contributed by atoms with Gasteiger partial charge in [-0.25, -0.2) is 0 Å². The lowest BCUT2D eigenvalue weighted by atomic mass is 10.0. The molecule has 0 aromatic rings. The molecule has 0 saturated carbocycles. The Morgan fingerprint density at radius 3 is 2.36 bits per heavy atom. The molecule has 0 fully saturated rings. The van der Waals surface area contributed by atoms with Crippen LogP contribution in [0.3, 0.4) is 0 Å². The maximum absolute atomic E-state index is 10.8. The van der Waals surface area contributed by atoms with Gasteiger partial charge in [0.25, 0.3) is 0 Å². The van der Waals surface area contributed by atoms with Crippen molar-refractivity contribution in [2.75, 3.05) is 0 Å². The van der Waals surface area contributed by atoms with E-state index in [4.69, 9.17) is 11.5 Å². The fourth-order valence-electron chi connectivity index (χ4n) is 1.42. The minimum atomic E-state index is -0.272. The van der Waals surface area contributed by atoms with Crippen molar-refractivity contribution in [1.29, 1.82) is 0 Å². The molecule has 0 aliphatic carbocycles. The number of nitrogens with two attached hydrogens (primary N) is 2. The van der Waals surface area contributed by atoms with Gasteiger partial charge in [-0.05, 0) is 26.7 Å². The first-order valence-corrected chi connectivity index (χ1v) is 5.25. The molecule has 0 aliphatic rings. The minimum absolute atomic E-state index is 0.0934. The quantitative estimate of drug-likeness (QED) is 0.556. The first kappa shape index (κ1) is 13.4. The number of rotatable bonds is 7. The summed E-state index contributed by atoms with van der Waals surface area (Å²) in [7, 11) is 0. The topological polar surface area (TPSA) is 81.1 Å². The van der Waals surface area contributed by atoms with Crippen LogP contribution in [0.25, 0.3) is 0 Å². The van der Waals surface area contributed by atoms with Gasteiger partial charge >= 0.3 is 0 Å². The van der Waals surface area contributed by atoms with Crippen molar-refractivity contribution in [2.45, 2.75) is 58.2 Å². The maximum atomic E-state index is 10.8. The van der Waals surface area contributed by atoms with Crippen LogP contribution in [0.2, 0.25) is 0 Å². The fraction of sp³-hybridized carbons (Fsp3) is 0.900. The minimum Gasteiger partial charge on any atom is -0.370 e. The van der Waals surface area contributed by atoms with Gasteiger partial charge in [-0.3, -0.25) is 4.79 Å². The van der Waals surface area contributed by atoms with Gasteiger partial charge in [-0.15, -0.1) is 0 Å². The van der Waals surface area contributed by atoms with Crippen LogP contribution >= 0.6 is 0 Å². The Hall–Kier alpha value is -0.610. The third-order valence-electron chi connectivity index (χ3n) is 2.24. The van der Waals surface area contributed by atoms with Gasteiger partial charge in [0.05, 0.1) is 0 Å². The Labute approximate surface area is 86.4 Å². The smallest absolute Gasteiger partial charge is 0.218 e. The molecule has 4 nitrogen and oxygen atoms in total. The molecule has 4 heteroatoms. The van der Waals surface area contributed by atoms with E-state index < -0.39 is 0 Å². The van der Waals surface area contributed by atoms with E-state index in [1.54, 1.807) is 0 Å². The van der Waals surface area contributed by atoms with E-state index in [-0.39, 0.29) is 18.0 Å². The number of hydrogen-bond acceptors (Lipinski definition) is 3. The predicted octanol–water partition coefficient (Wildman–Crippen LogP) is 0.356. The predicted molar refractivity (Wildman–Crippen MR) is 58.8 cm³/mol. The van der Waals surface area contributed by atoms with E-state index in [1.165, 1.54) is 0 Å². The van der Waals surface area contributed by atoms with E-state index >= 15 is 0 Å². The zero-order valence-corrected chi connectivity index (χ0v) is 9.42. The molecule has 0 aliphatic heterocycles. The Morgan fingerprint density at radius 1 is 1.43 bits per heavy atom. The van der Waals surface area contributed by atoms with Crippen LogP contribution in [0.15, 0.2) is 0 Å². The second-order valence-electron chi connectivity index (χ2n) is 4.06. The Morgan fingerprint density at radius 2 is 2.00 bits per heavy atom. The van der Waals surface area contributed by atoms with E-state index in [1.807, 2.05) is 6.92 Å². The van der Waals surface area contributed by atoms with Crippen molar-refractivity contribution in [1.82, 2.24) is 5.32 Å². The van der Waals surface area contributed by atoms with Crippen LogP contribution in [-0.4, -0.2) is 24.0 Å². The van der Waals surface area contributed by atoms with Gasteiger partial charge in [0, 0.05) is 24.5 Å². The van der Waals surface area contributed by atoms with E-state index in [2.05, 4.69) is 19.2 Å². The van der Waals surface area contributed by atoms with Crippen LogP contribution in [0, 0.1) is 0 Å². The molecule has 0 aromatic heterocycles. The van der Waals surface area contributed by atoms with E-state index in [0.29, 0.717) is 12.5 Å². The number of carbonyl (C=O) groups is 1. The average molecular weight is 201 g/mol. The summed E-state index contributed by atoms with van der Waals surface area (Å²) in [6, 6.07) is 0.608. The summed E-state index contributed by atoms with van der Waals surface area (Å²) in [5.41, 5.74) is 10.9. The highest BCUT2D eigenvalue weighted by atomic mass is 16.1. The summed E-state index contributed by atoms with van der Waals surface area (Å²) >= 11 is 0. The van der Waals surface area contributed by atoms with Crippen LogP contribution in [0.1, 0.15) is 40.0 Å². The maximum Gasteiger partial charge on any atom is 0.218 e. The summed E-state index contributed by atoms with van der Waals surface area (Å²) in [5.74, 6) is -0.272. The highest BCUT2D eigenvalue weighted by Crippen LogP contribution is 2.03. The van der Waals surface area contributed by atoms with Gasteiger partial charge in [0.15, 0.2) is 0 Å². The molecular formula is C10H23N3O. The third kappa shape index (κ3) is 6.86. The van der Waals surface area contributed by atoms with Gasteiger partial charge in [-0.1, -0.05) is 6.92 Å². The normalized spacial score (nSPS) is 17.4. The molecule has 0 rings (SSSR count). The summed E-state index contributed by atoms with van der Waals surface area (Å²) in [4.78, 5) is 10.8. The molecule has 0 spiro atoms. The molecule has 0 bridgehead atoms. The molecule has 3 atom stereocenters. The average Bonchev–Trinajstić information content (AvgIpc) is 2.01. The lowest BCUT2D eigenvalue weighted by molar-refractivity contribution is -0.118. The van der Waals surface area contributed by atoms with Crippen molar-refractivity contribution in [3.05, 3.63) is 0 Å². The van der Waals surface area contributed by atoms with Crippen molar-refractivity contribution in [3.63, 3.8) is 0 Å². The van der Waals surface area contributed by atoms with Gasteiger partial charge in [0.2, 0.25) is 5.91 Å². The Bertz CT molecular complexity index is 171. The largest absolute Gasteiger partial charge is 0.370 e. The number of hydrogen-bond donors (Lipinski definition) is 3. The zero-order valence-electron chi connectivity index (χ0n) is 9.42. The first-order chi connectivity index (χ1) is 6.45. The van der Waals surface area contributed by atoms with Crippen LogP contribution in [-0.2, 0) is 4.79 Å². The summed E-state index contributed by atoms with van der Waals surface area (Å²) in [6.45, 7) is 6.13. The van der Waals surface area contributed by atoms with Crippen molar-refractivity contribution in [2.24, 2.45) is 11.5 Å². The van der Waals surface area contributed by atoms with Crippen LogP contribution < -0.4 is 16.8 Å². The van der Waals surface area contributed by atoms with Gasteiger partial charge in [-0.2, -0.15) is 0 Å². The second-order valence-corrected chi connectivity index (χ2v) is 4.06. The molecule has 0 saturated heterocycles. The highest BCUT2D eigenvalue weighted by Gasteiger charge is 2.15. The number of amides is 1. The van der Waals surface area contributed by atoms with Crippen molar-refractivity contribution < 1.29 is 4.79 Å². The molecule has 1 amide bonds. The molecule has 14 heavy (non-hydrogen) atoms. The lowest BCUT2D eigenvalue weighted by Gasteiger charge is -2.23. The molecule has 3 unspecified atom stereocenters. The zero-order chi connectivity index (χ0) is 11.1. The van der Waals surface area contributed by atoms with E-state index in [0.717, 1.165) is 12.8 Å². The number of primary amides is 1. The highest BCUT2D eigenvalue weighted by molar-refractivity contribution is 5.74. The molecule has 0 aromatic carbocycles. The fourth-order valence-corrected chi connectivity index (χ4v) is 1.42. The summed E-state index contributed by atoms with van der Waals surface area (Å²) < 4.78 is 0. The summed E-state index contributed by atoms with van der Waals surface area (Å²) in [5, 5.41) is 3.35. The number of carbonyl (C=O) groups excluding carboxylic acids is 1. The van der Waals surface area contributed by atoms with Gasteiger partial charge in [0.1, 0.15) is 0 Å². The van der Waals surface area contributed by atoms with Crippen LogP contribution in [0.5, 0.6) is 0 Å². The monoisotopic (exact) mass is 201 g/mol. The third-order valence-corrected chi connectivity index (χ3v) is 2.24. The van der Waals surface area contributed by atoms with Crippen molar-refractivity contribution >= 4 is 5.91 Å². The second kappa shape index (κ2) is 6.79. The van der Waals surface area contributed by atoms with E-state index in [9.17, 15) is 4.79 Å². The first-order valence-electron chi connectivity index (χ1n) is 5.25. The SMILES string of the molecule is CCC(C)NC(CC(N)=O)CC(C)N. The molecule has 84 valence electrons. The molecule has 5 N–H and O–H groups in total. The standard InChI is InChI=1S/C10H23N3O/c1-4-8(3)13-9(5-7(2)11)6-10(12)14/h7-9,13H,4-6,11H2,1-3H3,(H2,12,14). The molecule has 0 radical (unpaired) electrons. The van der Waals surface area contributed by atoms with Crippen molar-refractivity contribution in [3.8, 4) is 0 Å². The Balaban J connectivity index is 4.03.